The number of amides is 3. The van der Waals surface area contributed by atoms with Gasteiger partial charge in [0.05, 0.1) is 13.2 Å². The number of piperidine rings is 1. The van der Waals surface area contributed by atoms with Gasteiger partial charge in [0.2, 0.25) is 5.95 Å². The quantitative estimate of drug-likeness (QED) is 0.390. The third-order valence-electron chi connectivity index (χ3n) is 6.45. The van der Waals surface area contributed by atoms with Crippen LogP contribution in [-0.4, -0.2) is 88.2 Å². The van der Waals surface area contributed by atoms with Gasteiger partial charge < -0.3 is 30.9 Å². The molecule has 0 saturated carbocycles. The molecule has 0 bridgehead atoms. The number of nitrogens with two attached hydrogens (primary N) is 1. The number of aryl methyl sites for hydroxylation is 1. The van der Waals surface area contributed by atoms with Crippen molar-refractivity contribution in [1.82, 2.24) is 30.4 Å². The van der Waals surface area contributed by atoms with Crippen LogP contribution in [0.4, 0.5) is 17.5 Å². The van der Waals surface area contributed by atoms with E-state index in [2.05, 4.69) is 30.8 Å². The number of hydrogen-bond donors (Lipinski definition) is 3. The Morgan fingerprint density at radius 1 is 1.08 bits per heavy atom. The molecule has 2 fully saturated rings. The normalized spacial score (nSPS) is 17.5. The summed E-state index contributed by atoms with van der Waals surface area (Å²) < 4.78 is 5.31. The molecule has 2 aliphatic rings. The number of carbonyl (C=O) groups excluding carboxylic acids is 3. The van der Waals surface area contributed by atoms with Crippen molar-refractivity contribution in [2.45, 2.75) is 25.8 Å². The summed E-state index contributed by atoms with van der Waals surface area (Å²) in [6, 6.07) is 6.76. The lowest BCUT2D eigenvalue weighted by Crippen LogP contribution is -2.48. The van der Waals surface area contributed by atoms with Crippen molar-refractivity contribution >= 4 is 46.5 Å². The number of nitrogens with one attached hydrogen (secondary N) is 2. The van der Waals surface area contributed by atoms with Gasteiger partial charge in [0.25, 0.3) is 17.7 Å². The van der Waals surface area contributed by atoms with Crippen LogP contribution in [0, 0.1) is 6.92 Å². The Balaban J connectivity index is 1.28. The maximum atomic E-state index is 12.7. The summed E-state index contributed by atoms with van der Waals surface area (Å²) >= 11 is 1.31. The van der Waals surface area contributed by atoms with E-state index in [4.69, 9.17) is 10.5 Å². The van der Waals surface area contributed by atoms with Crippen LogP contribution in [0.3, 0.4) is 0 Å². The van der Waals surface area contributed by atoms with Gasteiger partial charge in [-0.2, -0.15) is 4.98 Å². The molecule has 2 aromatic heterocycles. The van der Waals surface area contributed by atoms with Crippen LogP contribution in [0.15, 0.2) is 29.6 Å². The zero-order valence-electron chi connectivity index (χ0n) is 21.4. The Morgan fingerprint density at radius 2 is 1.85 bits per heavy atom. The van der Waals surface area contributed by atoms with Gasteiger partial charge in [-0.3, -0.25) is 14.4 Å². The summed E-state index contributed by atoms with van der Waals surface area (Å²) in [4.78, 5) is 49.8. The first-order chi connectivity index (χ1) is 18.9. The van der Waals surface area contributed by atoms with Crippen molar-refractivity contribution in [3.63, 3.8) is 0 Å². The second kappa shape index (κ2) is 11.7. The largest absolute Gasteiger partial charge is 0.378 e. The minimum atomic E-state index is -0.773. The Bertz CT molecular complexity index is 1360. The van der Waals surface area contributed by atoms with E-state index in [0.29, 0.717) is 61.6 Å². The minimum absolute atomic E-state index is 0.0644. The van der Waals surface area contributed by atoms with E-state index in [0.717, 1.165) is 18.5 Å². The molecule has 2 aliphatic heterocycles. The Morgan fingerprint density at radius 3 is 2.54 bits per heavy atom. The van der Waals surface area contributed by atoms with Gasteiger partial charge in [-0.1, -0.05) is 0 Å². The third kappa shape index (κ3) is 6.29. The number of hydrogen-bond acceptors (Lipinski definition) is 11. The number of aromatic nitrogens is 4. The Kier molecular flexibility index (Phi) is 7.93. The van der Waals surface area contributed by atoms with Crippen molar-refractivity contribution < 1.29 is 19.1 Å². The van der Waals surface area contributed by atoms with Crippen LogP contribution >= 0.6 is 11.3 Å². The first-order valence-electron chi connectivity index (χ1n) is 12.6. The fourth-order valence-corrected chi connectivity index (χ4v) is 5.17. The molecule has 0 aliphatic carbocycles. The number of carbonyl (C=O) groups is 3. The van der Waals surface area contributed by atoms with Gasteiger partial charge in [0, 0.05) is 54.5 Å². The lowest BCUT2D eigenvalue weighted by atomic mass is 10.1. The fourth-order valence-electron chi connectivity index (χ4n) is 4.47. The molecule has 39 heavy (non-hydrogen) atoms. The molecule has 2 saturated heterocycles. The number of ether oxygens (including phenoxy) is 1. The van der Waals surface area contributed by atoms with E-state index in [1.54, 1.807) is 29.2 Å². The van der Waals surface area contributed by atoms with Crippen LogP contribution in [0.1, 0.15) is 49.2 Å². The van der Waals surface area contributed by atoms with Crippen molar-refractivity contribution in [1.29, 1.82) is 0 Å². The molecule has 1 unspecified atom stereocenters. The number of nitrogens with zero attached hydrogens (tertiary/aromatic N) is 6. The van der Waals surface area contributed by atoms with E-state index in [-0.39, 0.29) is 29.4 Å². The molecular formula is C25H29N9O4S. The van der Waals surface area contributed by atoms with Crippen molar-refractivity contribution in [3.8, 4) is 0 Å². The summed E-state index contributed by atoms with van der Waals surface area (Å²) in [5, 5.41) is 16.5. The first kappa shape index (κ1) is 26.4. The highest BCUT2D eigenvalue weighted by Gasteiger charge is 2.26. The average molecular weight is 552 g/mol. The van der Waals surface area contributed by atoms with Crippen LogP contribution in [0.25, 0.3) is 0 Å². The van der Waals surface area contributed by atoms with Gasteiger partial charge in [0.1, 0.15) is 0 Å². The average Bonchev–Trinajstić information content (AvgIpc) is 3.40. The number of benzene rings is 1. The van der Waals surface area contributed by atoms with Gasteiger partial charge in [0.15, 0.2) is 16.5 Å². The van der Waals surface area contributed by atoms with Crippen molar-refractivity contribution in [2.24, 2.45) is 5.73 Å². The summed E-state index contributed by atoms with van der Waals surface area (Å²) in [6.07, 6.45) is 1.62. The predicted molar refractivity (Wildman–Crippen MR) is 144 cm³/mol. The lowest BCUT2D eigenvalue weighted by Gasteiger charge is -2.32. The van der Waals surface area contributed by atoms with Crippen LogP contribution in [0.2, 0.25) is 0 Å². The molecular weight excluding hydrogens is 522 g/mol. The SMILES string of the molecule is Cc1csc(C(=O)NC2CCCN(c3nnc(C(N)=O)c(Nc4ccc(C(=O)N5CCOCC5)cc4)n3)C2)n1. The maximum Gasteiger partial charge on any atom is 0.280 e. The van der Waals surface area contributed by atoms with Crippen LogP contribution in [-0.2, 0) is 4.74 Å². The van der Waals surface area contributed by atoms with Crippen molar-refractivity contribution in [2.75, 3.05) is 49.6 Å². The first-order valence-corrected chi connectivity index (χ1v) is 13.5. The number of primary amides is 1. The molecule has 1 atom stereocenters. The molecule has 5 rings (SSSR count). The molecule has 0 radical (unpaired) electrons. The highest BCUT2D eigenvalue weighted by atomic mass is 32.1. The molecule has 3 amide bonds. The molecule has 0 spiro atoms. The van der Waals surface area contributed by atoms with E-state index in [1.807, 2.05) is 17.2 Å². The van der Waals surface area contributed by atoms with E-state index in [1.165, 1.54) is 11.3 Å². The lowest BCUT2D eigenvalue weighted by molar-refractivity contribution is 0.0303. The Labute approximate surface area is 228 Å². The molecule has 4 heterocycles. The number of morpholine rings is 1. The molecule has 1 aromatic carbocycles. The molecule has 14 heteroatoms. The van der Waals surface area contributed by atoms with Gasteiger partial charge in [-0.15, -0.1) is 21.5 Å². The van der Waals surface area contributed by atoms with Crippen molar-refractivity contribution in [3.05, 3.63) is 51.6 Å². The van der Waals surface area contributed by atoms with E-state index >= 15 is 0 Å². The van der Waals surface area contributed by atoms with Gasteiger partial charge >= 0.3 is 0 Å². The summed E-state index contributed by atoms with van der Waals surface area (Å²) in [7, 11) is 0. The highest BCUT2D eigenvalue weighted by Crippen LogP contribution is 2.23. The second-order valence-electron chi connectivity index (χ2n) is 9.33. The standard InChI is InChI=1S/C25H29N9O4S/c1-15-14-39-23(27-15)22(36)29-18-3-2-8-34(13-18)25-30-21(19(20(26)35)31-32-25)28-17-6-4-16(5-7-17)24(37)33-9-11-38-12-10-33/h4-7,14,18H,2-3,8-13H2,1H3,(H2,26,35)(H,29,36)(H,28,30,32). The summed E-state index contributed by atoms with van der Waals surface area (Å²) in [5.41, 5.74) is 7.39. The number of thiazole rings is 1. The zero-order valence-corrected chi connectivity index (χ0v) is 22.2. The Hall–Kier alpha value is -4.17. The molecule has 204 valence electrons. The minimum Gasteiger partial charge on any atom is -0.378 e. The zero-order chi connectivity index (χ0) is 27.4. The van der Waals surface area contributed by atoms with Gasteiger partial charge in [-0.05, 0) is 44.0 Å². The van der Waals surface area contributed by atoms with E-state index in [9.17, 15) is 14.4 Å². The summed E-state index contributed by atoms with van der Waals surface area (Å²) in [6.45, 7) is 5.16. The molecule has 3 aromatic rings. The molecule has 4 N–H and O–H groups in total. The third-order valence-corrected chi connectivity index (χ3v) is 7.41. The van der Waals surface area contributed by atoms with Crippen LogP contribution < -0.4 is 21.3 Å². The number of rotatable bonds is 7. The topological polar surface area (TPSA) is 169 Å². The highest BCUT2D eigenvalue weighted by molar-refractivity contribution is 7.11. The fraction of sp³-hybridized carbons (Fsp3) is 0.400. The van der Waals surface area contributed by atoms with E-state index < -0.39 is 5.91 Å². The monoisotopic (exact) mass is 551 g/mol. The van der Waals surface area contributed by atoms with Gasteiger partial charge in [-0.25, -0.2) is 4.98 Å². The summed E-state index contributed by atoms with van der Waals surface area (Å²) in [5.74, 6) is -0.577. The predicted octanol–water partition coefficient (Wildman–Crippen LogP) is 1.35. The second-order valence-corrected chi connectivity index (χ2v) is 10.2. The van der Waals surface area contributed by atoms with Crippen LogP contribution in [0.5, 0.6) is 0 Å². The maximum absolute atomic E-state index is 12.7. The number of anilines is 3. The molecule has 13 nitrogen and oxygen atoms in total. The smallest absolute Gasteiger partial charge is 0.280 e.